The Bertz CT molecular complexity index is 1080. The highest BCUT2D eigenvalue weighted by Gasteiger charge is 2.10. The second kappa shape index (κ2) is 10.1. The van der Waals surface area contributed by atoms with Gasteiger partial charge in [-0.3, -0.25) is 4.79 Å². The van der Waals surface area contributed by atoms with Crippen LogP contribution in [0, 0.1) is 18.3 Å². The molecular weight excluding hydrogens is 372 g/mol. The maximum atomic E-state index is 12.5. The number of nitrogens with zero attached hydrogens (tertiary/aromatic N) is 1. The van der Waals surface area contributed by atoms with Crippen LogP contribution in [-0.4, -0.2) is 5.91 Å². The van der Waals surface area contributed by atoms with Gasteiger partial charge in [-0.2, -0.15) is 5.26 Å². The highest BCUT2D eigenvalue weighted by atomic mass is 16.5. The summed E-state index contributed by atoms with van der Waals surface area (Å²) in [5.74, 6) is 0.241. The number of ether oxygens (including phenoxy) is 1. The van der Waals surface area contributed by atoms with Gasteiger partial charge < -0.3 is 10.1 Å². The van der Waals surface area contributed by atoms with Crippen molar-refractivity contribution in [2.24, 2.45) is 0 Å². The molecule has 1 amide bonds. The van der Waals surface area contributed by atoms with Crippen molar-refractivity contribution in [2.75, 3.05) is 5.32 Å². The van der Waals surface area contributed by atoms with Crippen molar-refractivity contribution in [3.63, 3.8) is 0 Å². The lowest BCUT2D eigenvalue weighted by Gasteiger charge is -2.08. The second-order valence-corrected chi connectivity index (χ2v) is 7.02. The number of amides is 1. The van der Waals surface area contributed by atoms with Crippen LogP contribution >= 0.6 is 0 Å². The van der Waals surface area contributed by atoms with Crippen molar-refractivity contribution in [1.29, 1.82) is 5.26 Å². The van der Waals surface area contributed by atoms with Crippen molar-refractivity contribution < 1.29 is 9.53 Å². The van der Waals surface area contributed by atoms with Gasteiger partial charge in [0.2, 0.25) is 0 Å². The monoisotopic (exact) mass is 396 g/mol. The van der Waals surface area contributed by atoms with E-state index in [0.29, 0.717) is 18.0 Å². The quantitative estimate of drug-likeness (QED) is 0.413. The minimum Gasteiger partial charge on any atom is -0.489 e. The van der Waals surface area contributed by atoms with Gasteiger partial charge in [0.15, 0.2) is 0 Å². The maximum Gasteiger partial charge on any atom is 0.266 e. The molecule has 0 aromatic heterocycles. The van der Waals surface area contributed by atoms with Gasteiger partial charge in [-0.05, 0) is 60.4 Å². The van der Waals surface area contributed by atoms with Crippen LogP contribution in [0.15, 0.2) is 78.4 Å². The normalized spacial score (nSPS) is 10.9. The molecule has 150 valence electrons. The summed E-state index contributed by atoms with van der Waals surface area (Å²) in [6, 6.07) is 25.1. The van der Waals surface area contributed by atoms with Gasteiger partial charge >= 0.3 is 0 Å². The molecule has 0 aliphatic heterocycles. The zero-order chi connectivity index (χ0) is 21.3. The fraction of sp³-hybridized carbons (Fsp3) is 0.154. The van der Waals surface area contributed by atoms with Gasteiger partial charge in [-0.15, -0.1) is 0 Å². The third-order valence-corrected chi connectivity index (χ3v) is 4.68. The van der Waals surface area contributed by atoms with Gasteiger partial charge in [0, 0.05) is 5.69 Å². The fourth-order valence-electron chi connectivity index (χ4n) is 2.88. The average Bonchev–Trinajstić information content (AvgIpc) is 2.78. The lowest BCUT2D eigenvalue weighted by molar-refractivity contribution is -0.112. The largest absolute Gasteiger partial charge is 0.489 e. The van der Waals surface area contributed by atoms with Gasteiger partial charge in [0.05, 0.1) is 0 Å². The average molecular weight is 396 g/mol. The summed E-state index contributed by atoms with van der Waals surface area (Å²) < 4.78 is 5.85. The Hall–Kier alpha value is -3.84. The van der Waals surface area contributed by atoms with E-state index in [1.54, 1.807) is 6.08 Å². The van der Waals surface area contributed by atoms with Crippen molar-refractivity contribution in [1.82, 2.24) is 0 Å². The molecule has 0 aliphatic rings. The summed E-state index contributed by atoms with van der Waals surface area (Å²) in [5, 5.41) is 12.2. The fourth-order valence-corrected chi connectivity index (χ4v) is 2.88. The highest BCUT2D eigenvalue weighted by Crippen LogP contribution is 2.18. The number of hydrogen-bond acceptors (Lipinski definition) is 3. The van der Waals surface area contributed by atoms with E-state index in [1.807, 2.05) is 85.8 Å². The Morgan fingerprint density at radius 1 is 1.03 bits per heavy atom. The Morgan fingerprint density at radius 3 is 2.40 bits per heavy atom. The molecule has 0 unspecified atom stereocenters. The third kappa shape index (κ3) is 5.83. The van der Waals surface area contributed by atoms with Gasteiger partial charge in [0.25, 0.3) is 5.91 Å². The van der Waals surface area contributed by atoms with Crippen LogP contribution < -0.4 is 10.1 Å². The van der Waals surface area contributed by atoms with Crippen molar-refractivity contribution in [3.8, 4) is 11.8 Å². The van der Waals surface area contributed by atoms with Gasteiger partial charge in [-0.1, -0.05) is 61.0 Å². The van der Waals surface area contributed by atoms with E-state index in [1.165, 1.54) is 11.1 Å². The zero-order valence-electron chi connectivity index (χ0n) is 17.2. The summed E-state index contributed by atoms with van der Waals surface area (Å²) in [6.07, 6.45) is 2.49. The van der Waals surface area contributed by atoms with Crippen LogP contribution in [0.5, 0.6) is 5.75 Å². The molecule has 0 aliphatic carbocycles. The molecule has 0 radical (unpaired) electrons. The molecule has 1 N–H and O–H groups in total. The molecule has 4 nitrogen and oxygen atoms in total. The van der Waals surface area contributed by atoms with Crippen LogP contribution in [0.2, 0.25) is 0 Å². The first kappa shape index (κ1) is 20.9. The van der Waals surface area contributed by atoms with E-state index < -0.39 is 5.91 Å². The molecule has 0 fully saturated rings. The lowest BCUT2D eigenvalue weighted by atomic mass is 10.1. The molecule has 0 heterocycles. The van der Waals surface area contributed by atoms with Crippen LogP contribution in [0.3, 0.4) is 0 Å². The summed E-state index contributed by atoms with van der Waals surface area (Å²) in [4.78, 5) is 12.5. The number of nitrogens with one attached hydrogen (secondary N) is 1. The molecule has 0 atom stereocenters. The van der Waals surface area contributed by atoms with Crippen LogP contribution in [0.25, 0.3) is 6.08 Å². The van der Waals surface area contributed by atoms with E-state index in [9.17, 15) is 10.1 Å². The van der Waals surface area contributed by atoms with Crippen LogP contribution in [0.4, 0.5) is 5.69 Å². The molecule has 0 spiro atoms. The zero-order valence-corrected chi connectivity index (χ0v) is 17.2. The molecule has 0 saturated carbocycles. The van der Waals surface area contributed by atoms with E-state index in [-0.39, 0.29) is 5.57 Å². The number of anilines is 1. The predicted octanol–water partition coefficient (Wildman–Crippen LogP) is 5.68. The Kier molecular flexibility index (Phi) is 7.02. The first-order valence-corrected chi connectivity index (χ1v) is 9.88. The third-order valence-electron chi connectivity index (χ3n) is 4.68. The molecule has 0 saturated heterocycles. The number of aryl methyl sites for hydroxylation is 2. The SMILES string of the molecule is CCc1ccc(NC(=O)/C(C#N)=C\c2cccc(OCc3ccc(C)cc3)c2)cc1. The number of carbonyl (C=O) groups is 1. The topological polar surface area (TPSA) is 62.1 Å². The second-order valence-electron chi connectivity index (χ2n) is 7.02. The number of rotatable bonds is 7. The molecule has 3 aromatic rings. The van der Waals surface area contributed by atoms with E-state index in [4.69, 9.17) is 4.74 Å². The summed E-state index contributed by atoms with van der Waals surface area (Å²) in [6.45, 7) is 4.57. The predicted molar refractivity (Wildman–Crippen MR) is 120 cm³/mol. The minimum absolute atomic E-state index is 0.0326. The van der Waals surface area contributed by atoms with E-state index in [2.05, 4.69) is 12.2 Å². The van der Waals surface area contributed by atoms with Crippen LogP contribution in [-0.2, 0) is 17.8 Å². The number of benzene rings is 3. The number of carbonyl (C=O) groups excluding carboxylic acids is 1. The first-order valence-electron chi connectivity index (χ1n) is 9.88. The Morgan fingerprint density at radius 2 is 1.73 bits per heavy atom. The van der Waals surface area contributed by atoms with Crippen molar-refractivity contribution in [2.45, 2.75) is 26.9 Å². The lowest BCUT2D eigenvalue weighted by Crippen LogP contribution is -2.13. The van der Waals surface area contributed by atoms with Crippen molar-refractivity contribution in [3.05, 3.63) is 101 Å². The summed E-state index contributed by atoms with van der Waals surface area (Å²) in [7, 11) is 0. The number of nitriles is 1. The molecular formula is C26H24N2O2. The standard InChI is InChI=1S/C26H24N2O2/c1-3-20-11-13-24(14-12-20)28-26(29)23(17-27)15-22-5-4-6-25(16-22)30-18-21-9-7-19(2)8-10-21/h4-16H,3,18H2,1-2H3,(H,28,29)/b23-15-. The first-order chi connectivity index (χ1) is 14.6. The molecule has 3 rings (SSSR count). The molecule has 0 bridgehead atoms. The van der Waals surface area contributed by atoms with Crippen molar-refractivity contribution >= 4 is 17.7 Å². The molecule has 4 heteroatoms. The maximum absolute atomic E-state index is 12.5. The minimum atomic E-state index is -0.437. The Labute approximate surface area is 177 Å². The Balaban J connectivity index is 1.68. The van der Waals surface area contributed by atoms with E-state index in [0.717, 1.165) is 17.5 Å². The summed E-state index contributed by atoms with van der Waals surface area (Å²) >= 11 is 0. The smallest absolute Gasteiger partial charge is 0.266 e. The van der Waals surface area contributed by atoms with E-state index >= 15 is 0 Å². The molecule has 30 heavy (non-hydrogen) atoms. The number of hydrogen-bond donors (Lipinski definition) is 1. The molecule has 3 aromatic carbocycles. The van der Waals surface area contributed by atoms with Crippen LogP contribution in [0.1, 0.15) is 29.2 Å². The van der Waals surface area contributed by atoms with Gasteiger partial charge in [0.1, 0.15) is 24.0 Å². The summed E-state index contributed by atoms with van der Waals surface area (Å²) in [5.41, 5.74) is 4.89. The van der Waals surface area contributed by atoms with Gasteiger partial charge in [-0.25, -0.2) is 0 Å². The highest BCUT2D eigenvalue weighted by molar-refractivity contribution is 6.09.